The zero-order chi connectivity index (χ0) is 14.1. The highest BCUT2D eigenvalue weighted by Crippen LogP contribution is 2.25. The first-order chi connectivity index (χ1) is 8.15. The molecule has 0 saturated heterocycles. The molecule has 0 saturated carbocycles. The van der Waals surface area contributed by atoms with Gasteiger partial charge in [-0.1, -0.05) is 25.4 Å². The molecule has 0 unspecified atom stereocenters. The Hall–Kier alpha value is -1.14. The summed E-state index contributed by atoms with van der Waals surface area (Å²) in [5.74, 6) is -2.87. The SMILES string of the molecule is CC(C)CS(=O)(=O)c1cc(F)c(Cl)c(C(=O)O)c1. The van der Waals surface area contributed by atoms with E-state index in [1.54, 1.807) is 13.8 Å². The highest BCUT2D eigenvalue weighted by atomic mass is 35.5. The number of aromatic carboxylic acids is 1. The van der Waals surface area contributed by atoms with Crippen LogP contribution in [0.2, 0.25) is 5.02 Å². The van der Waals surface area contributed by atoms with Crippen LogP contribution in [0.25, 0.3) is 0 Å². The maximum atomic E-state index is 13.4. The number of halogens is 2. The maximum absolute atomic E-state index is 13.4. The molecular formula is C11H12ClFO4S. The Morgan fingerprint density at radius 1 is 1.44 bits per heavy atom. The molecule has 4 nitrogen and oxygen atoms in total. The summed E-state index contributed by atoms with van der Waals surface area (Å²) in [6, 6.07) is 1.62. The van der Waals surface area contributed by atoms with E-state index in [2.05, 4.69) is 0 Å². The lowest BCUT2D eigenvalue weighted by atomic mass is 10.2. The number of benzene rings is 1. The number of sulfone groups is 1. The second-order valence-corrected chi connectivity index (χ2v) is 6.66. The molecule has 0 radical (unpaired) electrons. The van der Waals surface area contributed by atoms with Gasteiger partial charge in [0.05, 0.1) is 21.2 Å². The number of hydrogen-bond donors (Lipinski definition) is 1. The number of hydrogen-bond acceptors (Lipinski definition) is 3. The fourth-order valence-corrected chi connectivity index (χ4v) is 3.27. The first-order valence-electron chi connectivity index (χ1n) is 5.10. The molecule has 0 bridgehead atoms. The number of carbonyl (C=O) groups is 1. The van der Waals surface area contributed by atoms with Crippen molar-refractivity contribution < 1.29 is 22.7 Å². The van der Waals surface area contributed by atoms with E-state index in [0.717, 1.165) is 12.1 Å². The molecule has 100 valence electrons. The van der Waals surface area contributed by atoms with Crippen LogP contribution in [-0.2, 0) is 9.84 Å². The summed E-state index contributed by atoms with van der Waals surface area (Å²) < 4.78 is 37.2. The van der Waals surface area contributed by atoms with Gasteiger partial charge in [0.1, 0.15) is 5.82 Å². The van der Waals surface area contributed by atoms with Crippen molar-refractivity contribution in [3.8, 4) is 0 Å². The van der Waals surface area contributed by atoms with Crippen LogP contribution in [0.3, 0.4) is 0 Å². The Morgan fingerprint density at radius 3 is 2.44 bits per heavy atom. The highest BCUT2D eigenvalue weighted by Gasteiger charge is 2.22. The van der Waals surface area contributed by atoms with Gasteiger partial charge >= 0.3 is 5.97 Å². The minimum Gasteiger partial charge on any atom is -0.478 e. The molecule has 0 aliphatic rings. The van der Waals surface area contributed by atoms with Gasteiger partial charge < -0.3 is 5.11 Å². The summed E-state index contributed by atoms with van der Waals surface area (Å²) >= 11 is 5.47. The Labute approximate surface area is 109 Å². The standard InChI is InChI=1S/C11H12ClFO4S/c1-6(2)5-18(16,17)7-3-8(11(14)15)10(12)9(13)4-7/h3-4,6H,5H2,1-2H3,(H,14,15). The number of carboxylic acids is 1. The average molecular weight is 295 g/mol. The predicted octanol–water partition coefficient (Wildman–Crippen LogP) is 2.61. The van der Waals surface area contributed by atoms with E-state index in [4.69, 9.17) is 16.7 Å². The smallest absolute Gasteiger partial charge is 0.337 e. The van der Waals surface area contributed by atoms with Crippen molar-refractivity contribution in [2.45, 2.75) is 18.7 Å². The minimum atomic E-state index is -3.72. The molecule has 0 fully saturated rings. The molecule has 0 spiro atoms. The van der Waals surface area contributed by atoms with Gasteiger partial charge in [0.25, 0.3) is 0 Å². The zero-order valence-corrected chi connectivity index (χ0v) is 11.3. The van der Waals surface area contributed by atoms with Gasteiger partial charge in [-0.2, -0.15) is 0 Å². The molecule has 1 rings (SSSR count). The molecular weight excluding hydrogens is 283 g/mol. The molecule has 0 amide bonds. The third kappa shape index (κ3) is 3.20. The first kappa shape index (κ1) is 14.9. The van der Waals surface area contributed by atoms with Gasteiger partial charge in [-0.15, -0.1) is 0 Å². The van der Waals surface area contributed by atoms with Crippen LogP contribution in [0.15, 0.2) is 17.0 Å². The second-order valence-electron chi connectivity index (χ2n) is 4.25. The summed E-state index contributed by atoms with van der Waals surface area (Å²) in [5, 5.41) is 8.22. The van der Waals surface area contributed by atoms with Crippen LogP contribution in [-0.4, -0.2) is 25.2 Å². The second kappa shape index (κ2) is 5.24. The Kier molecular flexibility index (Phi) is 4.34. The van der Waals surface area contributed by atoms with E-state index in [1.807, 2.05) is 0 Å². The van der Waals surface area contributed by atoms with Crippen LogP contribution in [0.5, 0.6) is 0 Å². The van der Waals surface area contributed by atoms with Gasteiger partial charge in [-0.3, -0.25) is 0 Å². The monoisotopic (exact) mass is 294 g/mol. The zero-order valence-electron chi connectivity index (χ0n) is 9.78. The fourth-order valence-electron chi connectivity index (χ4n) is 1.43. The molecule has 0 atom stereocenters. The van der Waals surface area contributed by atoms with E-state index in [9.17, 15) is 17.6 Å². The molecule has 1 aromatic rings. The average Bonchev–Trinajstić information content (AvgIpc) is 2.19. The Bertz CT molecular complexity index is 581. The van der Waals surface area contributed by atoms with Gasteiger partial charge in [-0.05, 0) is 18.1 Å². The van der Waals surface area contributed by atoms with Gasteiger partial charge in [0, 0.05) is 0 Å². The predicted molar refractivity (Wildman–Crippen MR) is 65.3 cm³/mol. The quantitative estimate of drug-likeness (QED) is 0.926. The Balaban J connectivity index is 3.40. The molecule has 0 heterocycles. The van der Waals surface area contributed by atoms with E-state index in [0.29, 0.717) is 0 Å². The summed E-state index contributed by atoms with van der Waals surface area (Å²) in [4.78, 5) is 10.5. The molecule has 0 aromatic heterocycles. The van der Waals surface area contributed by atoms with Crippen molar-refractivity contribution in [3.05, 3.63) is 28.5 Å². The van der Waals surface area contributed by atoms with Crippen LogP contribution in [0.4, 0.5) is 4.39 Å². The van der Waals surface area contributed by atoms with Crippen molar-refractivity contribution in [2.75, 3.05) is 5.75 Å². The lowest BCUT2D eigenvalue weighted by Crippen LogP contribution is -2.13. The summed E-state index contributed by atoms with van der Waals surface area (Å²) in [6.45, 7) is 3.39. The van der Waals surface area contributed by atoms with Crippen molar-refractivity contribution in [1.29, 1.82) is 0 Å². The third-order valence-electron chi connectivity index (χ3n) is 2.14. The molecule has 7 heteroatoms. The van der Waals surface area contributed by atoms with E-state index in [-0.39, 0.29) is 16.6 Å². The lowest BCUT2D eigenvalue weighted by Gasteiger charge is -2.09. The topological polar surface area (TPSA) is 71.4 Å². The van der Waals surface area contributed by atoms with Crippen molar-refractivity contribution in [3.63, 3.8) is 0 Å². The Morgan fingerprint density at radius 2 is 2.00 bits per heavy atom. The van der Waals surface area contributed by atoms with Crippen molar-refractivity contribution in [2.24, 2.45) is 5.92 Å². The minimum absolute atomic E-state index is 0.151. The summed E-state index contributed by atoms with van der Waals surface area (Å²) in [5.41, 5.74) is -0.556. The third-order valence-corrected chi connectivity index (χ3v) is 4.59. The van der Waals surface area contributed by atoms with Crippen molar-refractivity contribution in [1.82, 2.24) is 0 Å². The fraction of sp³-hybridized carbons (Fsp3) is 0.364. The van der Waals surface area contributed by atoms with Crippen LogP contribution >= 0.6 is 11.6 Å². The molecule has 0 aliphatic heterocycles. The number of rotatable bonds is 4. The summed E-state index contributed by atoms with van der Waals surface area (Å²) in [7, 11) is -3.72. The molecule has 1 aromatic carbocycles. The van der Waals surface area contributed by atoms with Crippen LogP contribution in [0, 0.1) is 11.7 Å². The number of carboxylic acid groups (broad SMARTS) is 1. The van der Waals surface area contributed by atoms with E-state index < -0.39 is 32.2 Å². The lowest BCUT2D eigenvalue weighted by molar-refractivity contribution is 0.0696. The first-order valence-corrected chi connectivity index (χ1v) is 7.13. The molecule has 1 N–H and O–H groups in total. The highest BCUT2D eigenvalue weighted by molar-refractivity contribution is 7.91. The molecule has 18 heavy (non-hydrogen) atoms. The molecule has 0 aliphatic carbocycles. The van der Waals surface area contributed by atoms with Gasteiger partial charge in [0.15, 0.2) is 9.84 Å². The van der Waals surface area contributed by atoms with Crippen molar-refractivity contribution >= 4 is 27.4 Å². The van der Waals surface area contributed by atoms with E-state index in [1.165, 1.54) is 0 Å². The normalized spacial score (nSPS) is 11.8. The van der Waals surface area contributed by atoms with Crippen LogP contribution in [0.1, 0.15) is 24.2 Å². The van der Waals surface area contributed by atoms with Crippen LogP contribution < -0.4 is 0 Å². The van der Waals surface area contributed by atoms with Gasteiger partial charge in [0.2, 0.25) is 0 Å². The van der Waals surface area contributed by atoms with E-state index >= 15 is 0 Å². The largest absolute Gasteiger partial charge is 0.478 e. The maximum Gasteiger partial charge on any atom is 0.337 e. The van der Waals surface area contributed by atoms with Gasteiger partial charge in [-0.25, -0.2) is 17.6 Å². The summed E-state index contributed by atoms with van der Waals surface area (Å²) in [6.07, 6.45) is 0.